The average molecular weight is 382 g/mol. The number of benzene rings is 2. The van der Waals surface area contributed by atoms with Crippen molar-refractivity contribution in [3.8, 4) is 10.6 Å². The summed E-state index contributed by atoms with van der Waals surface area (Å²) < 4.78 is 0. The van der Waals surface area contributed by atoms with Crippen LogP contribution in [0.2, 0.25) is 5.02 Å². The Kier molecular flexibility index (Phi) is 4.73. The van der Waals surface area contributed by atoms with Crippen LogP contribution in [0.1, 0.15) is 16.1 Å². The van der Waals surface area contributed by atoms with Crippen LogP contribution < -0.4 is 5.32 Å². The number of hydrogen-bond donors (Lipinski definition) is 2. The zero-order valence-electron chi connectivity index (χ0n) is 13.8. The molecule has 0 unspecified atom stereocenters. The molecule has 4 aromatic rings. The summed E-state index contributed by atoms with van der Waals surface area (Å²) in [6.07, 6.45) is 2.77. The van der Waals surface area contributed by atoms with E-state index in [0.717, 1.165) is 22.5 Å². The maximum atomic E-state index is 12.3. The number of aromatic nitrogens is 2. The number of para-hydroxylation sites is 1. The topological polar surface area (TPSA) is 57.8 Å². The van der Waals surface area contributed by atoms with Gasteiger partial charge in [-0.05, 0) is 30.2 Å². The predicted octanol–water partition coefficient (Wildman–Crippen LogP) is 4.92. The number of nitrogens with one attached hydrogen (secondary N) is 2. The number of amides is 1. The summed E-state index contributed by atoms with van der Waals surface area (Å²) in [7, 11) is 0. The van der Waals surface area contributed by atoms with Crippen LogP contribution in [0.3, 0.4) is 0 Å². The molecule has 0 aliphatic heterocycles. The third kappa shape index (κ3) is 3.49. The van der Waals surface area contributed by atoms with E-state index < -0.39 is 0 Å². The van der Waals surface area contributed by atoms with E-state index in [9.17, 15) is 4.79 Å². The normalized spacial score (nSPS) is 11.0. The van der Waals surface area contributed by atoms with E-state index in [2.05, 4.69) is 21.4 Å². The van der Waals surface area contributed by atoms with Gasteiger partial charge in [-0.1, -0.05) is 41.9 Å². The van der Waals surface area contributed by atoms with Crippen LogP contribution in [0.5, 0.6) is 0 Å². The fraction of sp³-hybridized carbons (Fsp3) is 0.100. The molecule has 0 aliphatic rings. The fourth-order valence-electron chi connectivity index (χ4n) is 2.84. The summed E-state index contributed by atoms with van der Waals surface area (Å²) in [6, 6.07) is 15.6. The Morgan fingerprint density at radius 2 is 1.96 bits per heavy atom. The molecule has 0 radical (unpaired) electrons. The molecule has 4 rings (SSSR count). The van der Waals surface area contributed by atoms with Crippen LogP contribution in [-0.4, -0.2) is 22.4 Å². The lowest BCUT2D eigenvalue weighted by atomic mass is 10.1. The highest BCUT2D eigenvalue weighted by Gasteiger charge is 2.12. The summed E-state index contributed by atoms with van der Waals surface area (Å²) in [6.45, 7) is 0.564. The molecule has 26 heavy (non-hydrogen) atoms. The number of H-pyrrole nitrogens is 1. The van der Waals surface area contributed by atoms with Gasteiger partial charge in [-0.15, -0.1) is 11.3 Å². The van der Waals surface area contributed by atoms with Gasteiger partial charge >= 0.3 is 0 Å². The average Bonchev–Trinajstić information content (AvgIpc) is 3.30. The van der Waals surface area contributed by atoms with Crippen LogP contribution >= 0.6 is 22.9 Å². The van der Waals surface area contributed by atoms with Crippen molar-refractivity contribution in [3.63, 3.8) is 0 Å². The van der Waals surface area contributed by atoms with Crippen molar-refractivity contribution in [2.75, 3.05) is 6.54 Å². The number of rotatable bonds is 5. The van der Waals surface area contributed by atoms with E-state index in [1.807, 2.05) is 48.7 Å². The molecule has 0 fully saturated rings. The van der Waals surface area contributed by atoms with Crippen LogP contribution in [0.15, 0.2) is 60.1 Å². The molecule has 2 heterocycles. The quantitative estimate of drug-likeness (QED) is 0.515. The van der Waals surface area contributed by atoms with Crippen LogP contribution in [-0.2, 0) is 6.42 Å². The van der Waals surface area contributed by atoms with Crippen molar-refractivity contribution in [2.45, 2.75) is 6.42 Å². The van der Waals surface area contributed by atoms with Crippen molar-refractivity contribution in [1.82, 2.24) is 15.3 Å². The van der Waals surface area contributed by atoms with Crippen LogP contribution in [0, 0.1) is 0 Å². The standard InChI is InChI=1S/C20H16ClN3OS/c21-15-7-5-13(6-8-15)20-24-18(12-26-20)19(25)22-10-9-14-11-23-17-4-2-1-3-16(14)17/h1-8,11-12,23H,9-10H2,(H,22,25). The third-order valence-electron chi connectivity index (χ3n) is 4.18. The number of carbonyl (C=O) groups excluding carboxylic acids is 1. The van der Waals surface area contributed by atoms with Crippen LogP contribution in [0.4, 0.5) is 0 Å². The van der Waals surface area contributed by atoms with E-state index >= 15 is 0 Å². The van der Waals surface area contributed by atoms with Gasteiger partial charge in [-0.3, -0.25) is 4.79 Å². The Morgan fingerprint density at radius 3 is 2.81 bits per heavy atom. The summed E-state index contributed by atoms with van der Waals surface area (Å²) >= 11 is 7.36. The van der Waals surface area contributed by atoms with Crippen molar-refractivity contribution in [2.24, 2.45) is 0 Å². The molecular weight excluding hydrogens is 366 g/mol. The molecule has 1 amide bonds. The lowest BCUT2D eigenvalue weighted by molar-refractivity contribution is 0.0950. The Hall–Kier alpha value is -2.63. The van der Waals surface area contributed by atoms with E-state index in [-0.39, 0.29) is 5.91 Å². The Bertz CT molecular complexity index is 1050. The lowest BCUT2D eigenvalue weighted by Crippen LogP contribution is -2.25. The minimum atomic E-state index is -0.152. The first-order chi connectivity index (χ1) is 12.7. The van der Waals surface area contributed by atoms with Crippen molar-refractivity contribution < 1.29 is 4.79 Å². The zero-order valence-corrected chi connectivity index (χ0v) is 15.4. The van der Waals surface area contributed by atoms with Gasteiger partial charge in [0, 0.05) is 39.6 Å². The summed E-state index contributed by atoms with van der Waals surface area (Å²) in [5.41, 5.74) is 3.71. The highest BCUT2D eigenvalue weighted by molar-refractivity contribution is 7.13. The number of thiazole rings is 1. The van der Waals surface area contributed by atoms with Gasteiger partial charge in [0.15, 0.2) is 0 Å². The van der Waals surface area contributed by atoms with E-state index in [1.54, 1.807) is 5.38 Å². The summed E-state index contributed by atoms with van der Waals surface area (Å²) in [5.74, 6) is -0.152. The van der Waals surface area contributed by atoms with Crippen molar-refractivity contribution in [1.29, 1.82) is 0 Å². The van der Waals surface area contributed by atoms with Gasteiger partial charge in [0.25, 0.3) is 5.91 Å². The SMILES string of the molecule is O=C(NCCc1c[nH]c2ccccc12)c1csc(-c2ccc(Cl)cc2)n1. The number of nitrogens with zero attached hydrogens (tertiary/aromatic N) is 1. The van der Waals surface area contributed by atoms with Gasteiger partial charge in [-0.2, -0.15) is 0 Å². The minimum absolute atomic E-state index is 0.152. The largest absolute Gasteiger partial charge is 0.361 e. The third-order valence-corrected chi connectivity index (χ3v) is 5.33. The molecule has 0 aliphatic carbocycles. The molecule has 2 N–H and O–H groups in total. The Morgan fingerprint density at radius 1 is 1.15 bits per heavy atom. The second-order valence-corrected chi connectivity index (χ2v) is 7.20. The van der Waals surface area contributed by atoms with E-state index in [0.29, 0.717) is 17.3 Å². The molecule has 2 aromatic heterocycles. The lowest BCUT2D eigenvalue weighted by Gasteiger charge is -2.03. The summed E-state index contributed by atoms with van der Waals surface area (Å²) in [4.78, 5) is 20.0. The van der Waals surface area contributed by atoms with Gasteiger partial charge < -0.3 is 10.3 Å². The first-order valence-electron chi connectivity index (χ1n) is 8.25. The molecule has 6 heteroatoms. The van der Waals surface area contributed by atoms with Gasteiger partial charge in [-0.25, -0.2) is 4.98 Å². The molecule has 2 aromatic carbocycles. The van der Waals surface area contributed by atoms with E-state index in [4.69, 9.17) is 11.6 Å². The maximum absolute atomic E-state index is 12.3. The fourth-order valence-corrected chi connectivity index (χ4v) is 3.78. The first-order valence-corrected chi connectivity index (χ1v) is 9.51. The molecule has 0 spiro atoms. The van der Waals surface area contributed by atoms with Crippen molar-refractivity contribution >= 4 is 39.7 Å². The van der Waals surface area contributed by atoms with Gasteiger partial charge in [0.2, 0.25) is 0 Å². The second-order valence-electron chi connectivity index (χ2n) is 5.91. The highest BCUT2D eigenvalue weighted by atomic mass is 35.5. The number of fused-ring (bicyclic) bond motifs is 1. The van der Waals surface area contributed by atoms with Crippen LogP contribution in [0.25, 0.3) is 21.5 Å². The number of halogens is 1. The molecule has 0 saturated heterocycles. The number of aromatic amines is 1. The monoisotopic (exact) mass is 381 g/mol. The smallest absolute Gasteiger partial charge is 0.270 e. The molecule has 0 atom stereocenters. The molecular formula is C20H16ClN3OS. The molecule has 130 valence electrons. The second kappa shape index (κ2) is 7.32. The Balaban J connectivity index is 1.39. The molecule has 0 bridgehead atoms. The molecule has 0 saturated carbocycles. The minimum Gasteiger partial charge on any atom is -0.361 e. The molecule has 4 nitrogen and oxygen atoms in total. The highest BCUT2D eigenvalue weighted by Crippen LogP contribution is 2.25. The Labute approximate surface area is 159 Å². The number of carbonyl (C=O) groups is 1. The van der Waals surface area contributed by atoms with Gasteiger partial charge in [0.1, 0.15) is 10.7 Å². The maximum Gasteiger partial charge on any atom is 0.270 e. The summed E-state index contributed by atoms with van der Waals surface area (Å²) in [5, 5.41) is 7.41. The first kappa shape index (κ1) is 16.8. The van der Waals surface area contributed by atoms with Crippen molar-refractivity contribution in [3.05, 3.63) is 76.4 Å². The predicted molar refractivity (Wildman–Crippen MR) is 107 cm³/mol. The van der Waals surface area contributed by atoms with E-state index in [1.165, 1.54) is 22.3 Å². The van der Waals surface area contributed by atoms with Gasteiger partial charge in [0.05, 0.1) is 0 Å². The number of hydrogen-bond acceptors (Lipinski definition) is 3. The zero-order chi connectivity index (χ0) is 17.9.